The summed E-state index contributed by atoms with van der Waals surface area (Å²) in [6.07, 6.45) is 0.745. The molecular formula is C15H17F2NO. The Morgan fingerprint density at radius 3 is 2.53 bits per heavy atom. The van der Waals surface area contributed by atoms with Gasteiger partial charge in [-0.2, -0.15) is 0 Å². The first-order chi connectivity index (χ1) is 9.08. The number of hydrogen-bond acceptors (Lipinski definition) is 2. The Morgan fingerprint density at radius 1 is 1.21 bits per heavy atom. The van der Waals surface area contributed by atoms with Crippen LogP contribution in [0.3, 0.4) is 0 Å². The zero-order valence-electron chi connectivity index (χ0n) is 11.3. The lowest BCUT2D eigenvalue weighted by Crippen LogP contribution is -2.20. The van der Waals surface area contributed by atoms with Gasteiger partial charge < -0.3 is 9.73 Å². The molecule has 1 aromatic heterocycles. The van der Waals surface area contributed by atoms with E-state index in [1.807, 2.05) is 13.0 Å². The molecule has 1 aromatic carbocycles. The molecule has 19 heavy (non-hydrogen) atoms. The van der Waals surface area contributed by atoms with Crippen LogP contribution in [0.5, 0.6) is 0 Å². The monoisotopic (exact) mass is 265 g/mol. The molecule has 0 bridgehead atoms. The van der Waals surface area contributed by atoms with Crippen LogP contribution in [0.15, 0.2) is 28.7 Å². The maximum absolute atomic E-state index is 14.2. The minimum atomic E-state index is -0.625. The fourth-order valence-electron chi connectivity index (χ4n) is 2.11. The summed E-state index contributed by atoms with van der Waals surface area (Å²) in [6.45, 7) is 3.58. The van der Waals surface area contributed by atoms with Crippen LogP contribution >= 0.6 is 0 Å². The van der Waals surface area contributed by atoms with Gasteiger partial charge >= 0.3 is 0 Å². The van der Waals surface area contributed by atoms with Crippen molar-refractivity contribution < 1.29 is 13.2 Å². The van der Waals surface area contributed by atoms with Crippen molar-refractivity contribution in [1.82, 2.24) is 5.32 Å². The van der Waals surface area contributed by atoms with Crippen LogP contribution in [0.1, 0.15) is 35.6 Å². The molecule has 0 saturated carbocycles. The lowest BCUT2D eigenvalue weighted by atomic mass is 10.0. The Kier molecular flexibility index (Phi) is 4.00. The fraction of sp³-hybridized carbons (Fsp3) is 0.333. The van der Waals surface area contributed by atoms with E-state index in [0.29, 0.717) is 11.3 Å². The highest BCUT2D eigenvalue weighted by Crippen LogP contribution is 2.29. The van der Waals surface area contributed by atoms with E-state index in [1.165, 1.54) is 12.1 Å². The summed E-state index contributed by atoms with van der Waals surface area (Å²) >= 11 is 0. The second-order valence-corrected chi connectivity index (χ2v) is 4.47. The van der Waals surface area contributed by atoms with Crippen LogP contribution in [-0.2, 0) is 6.42 Å². The number of halogens is 2. The van der Waals surface area contributed by atoms with E-state index in [9.17, 15) is 8.78 Å². The lowest BCUT2D eigenvalue weighted by molar-refractivity contribution is 0.416. The smallest absolute Gasteiger partial charge is 0.134 e. The Labute approximate surface area is 111 Å². The van der Waals surface area contributed by atoms with E-state index < -0.39 is 17.7 Å². The molecule has 0 amide bonds. The largest absolute Gasteiger partial charge is 0.464 e. The van der Waals surface area contributed by atoms with Crippen molar-refractivity contribution in [2.75, 3.05) is 7.05 Å². The highest BCUT2D eigenvalue weighted by Gasteiger charge is 2.24. The molecule has 0 spiro atoms. The van der Waals surface area contributed by atoms with Crippen molar-refractivity contribution in [2.45, 2.75) is 26.3 Å². The van der Waals surface area contributed by atoms with Crippen LogP contribution in [0.4, 0.5) is 8.78 Å². The van der Waals surface area contributed by atoms with Gasteiger partial charge in [-0.25, -0.2) is 8.78 Å². The molecule has 0 fully saturated rings. The molecule has 1 N–H and O–H groups in total. The van der Waals surface area contributed by atoms with Gasteiger partial charge in [0.1, 0.15) is 23.2 Å². The van der Waals surface area contributed by atoms with Crippen molar-refractivity contribution in [1.29, 1.82) is 0 Å². The SMILES string of the molecule is CCc1ccc(C(NC)c2c(F)ccc(C)c2F)o1. The molecule has 2 nitrogen and oxygen atoms in total. The standard InChI is InChI=1S/C15H17F2NO/c1-4-10-6-8-12(19-10)15(18-3)13-11(16)7-5-9(2)14(13)17/h5-8,15,18H,4H2,1-3H3. The second-order valence-electron chi connectivity index (χ2n) is 4.47. The van der Waals surface area contributed by atoms with Gasteiger partial charge in [0, 0.05) is 12.0 Å². The number of aryl methyl sites for hydroxylation is 2. The molecule has 102 valence electrons. The van der Waals surface area contributed by atoms with Gasteiger partial charge in [0.05, 0.1) is 6.04 Å². The molecule has 1 unspecified atom stereocenters. The van der Waals surface area contributed by atoms with Crippen LogP contribution in [0.2, 0.25) is 0 Å². The summed E-state index contributed by atoms with van der Waals surface area (Å²) in [7, 11) is 1.65. The molecule has 0 aliphatic rings. The third-order valence-corrected chi connectivity index (χ3v) is 3.21. The average molecular weight is 265 g/mol. The summed E-state index contributed by atoms with van der Waals surface area (Å²) in [5, 5.41) is 2.91. The lowest BCUT2D eigenvalue weighted by Gasteiger charge is -2.17. The summed E-state index contributed by atoms with van der Waals surface area (Å²) < 4.78 is 33.7. The van der Waals surface area contributed by atoms with E-state index >= 15 is 0 Å². The van der Waals surface area contributed by atoms with Crippen LogP contribution < -0.4 is 5.32 Å². The first-order valence-electron chi connectivity index (χ1n) is 6.28. The molecule has 2 rings (SSSR count). The van der Waals surface area contributed by atoms with Gasteiger partial charge in [-0.1, -0.05) is 13.0 Å². The summed E-state index contributed by atoms with van der Waals surface area (Å²) in [4.78, 5) is 0. The Hall–Kier alpha value is -1.68. The fourth-order valence-corrected chi connectivity index (χ4v) is 2.11. The van der Waals surface area contributed by atoms with E-state index in [2.05, 4.69) is 5.32 Å². The predicted octanol–water partition coefficient (Wildman–Crippen LogP) is 3.74. The molecule has 0 radical (unpaired) electrons. The van der Waals surface area contributed by atoms with Crippen molar-refractivity contribution in [2.24, 2.45) is 0 Å². The minimum absolute atomic E-state index is 0.000460. The van der Waals surface area contributed by atoms with Gasteiger partial charge in [-0.3, -0.25) is 0 Å². The van der Waals surface area contributed by atoms with E-state index in [-0.39, 0.29) is 5.56 Å². The summed E-state index contributed by atoms with van der Waals surface area (Å²) in [6, 6.07) is 5.66. The molecule has 0 saturated heterocycles. The van der Waals surface area contributed by atoms with E-state index in [1.54, 1.807) is 20.0 Å². The van der Waals surface area contributed by atoms with E-state index in [0.717, 1.165) is 12.2 Å². The zero-order valence-corrected chi connectivity index (χ0v) is 11.3. The highest BCUT2D eigenvalue weighted by molar-refractivity contribution is 5.33. The van der Waals surface area contributed by atoms with Crippen molar-refractivity contribution in [3.8, 4) is 0 Å². The normalized spacial score (nSPS) is 12.7. The number of furan rings is 1. The Morgan fingerprint density at radius 2 is 1.95 bits per heavy atom. The number of benzene rings is 1. The average Bonchev–Trinajstić information content (AvgIpc) is 2.87. The first-order valence-corrected chi connectivity index (χ1v) is 6.28. The molecule has 1 heterocycles. The molecular weight excluding hydrogens is 248 g/mol. The number of rotatable bonds is 4. The van der Waals surface area contributed by atoms with Gasteiger partial charge in [0.15, 0.2) is 0 Å². The highest BCUT2D eigenvalue weighted by atomic mass is 19.1. The summed E-state index contributed by atoms with van der Waals surface area (Å²) in [5.74, 6) is 0.206. The minimum Gasteiger partial charge on any atom is -0.464 e. The molecule has 2 aromatic rings. The quantitative estimate of drug-likeness (QED) is 0.911. The second kappa shape index (κ2) is 5.53. The first kappa shape index (κ1) is 13.7. The van der Waals surface area contributed by atoms with Crippen LogP contribution in [0.25, 0.3) is 0 Å². The van der Waals surface area contributed by atoms with Crippen LogP contribution in [-0.4, -0.2) is 7.05 Å². The van der Waals surface area contributed by atoms with Gasteiger partial charge in [0.25, 0.3) is 0 Å². The van der Waals surface area contributed by atoms with Gasteiger partial charge in [-0.05, 0) is 37.7 Å². The predicted molar refractivity (Wildman–Crippen MR) is 70.1 cm³/mol. The Balaban J connectivity index is 2.50. The van der Waals surface area contributed by atoms with E-state index in [4.69, 9.17) is 4.42 Å². The third-order valence-electron chi connectivity index (χ3n) is 3.21. The number of nitrogens with one attached hydrogen (secondary N) is 1. The zero-order chi connectivity index (χ0) is 14.0. The van der Waals surface area contributed by atoms with Crippen molar-refractivity contribution in [3.05, 3.63) is 58.5 Å². The third kappa shape index (κ3) is 2.54. The topological polar surface area (TPSA) is 25.2 Å². The number of hydrogen-bond donors (Lipinski definition) is 1. The van der Waals surface area contributed by atoms with Gasteiger partial charge in [-0.15, -0.1) is 0 Å². The summed E-state index contributed by atoms with van der Waals surface area (Å²) in [5.41, 5.74) is 0.415. The maximum Gasteiger partial charge on any atom is 0.134 e. The molecule has 0 aliphatic carbocycles. The molecule has 4 heteroatoms. The van der Waals surface area contributed by atoms with Crippen molar-refractivity contribution in [3.63, 3.8) is 0 Å². The Bertz CT molecular complexity index is 578. The maximum atomic E-state index is 14.2. The van der Waals surface area contributed by atoms with Crippen LogP contribution in [0, 0.1) is 18.6 Å². The molecule has 0 aliphatic heterocycles. The molecule has 1 atom stereocenters. The van der Waals surface area contributed by atoms with Gasteiger partial charge in [0.2, 0.25) is 0 Å². The van der Waals surface area contributed by atoms with Crippen molar-refractivity contribution >= 4 is 0 Å².